The van der Waals surface area contributed by atoms with Crippen LogP contribution >= 0.6 is 0 Å². The number of rotatable bonds is 4. The van der Waals surface area contributed by atoms with Crippen molar-refractivity contribution in [2.75, 3.05) is 34.8 Å². The Hall–Kier alpha value is -1.50. The van der Waals surface area contributed by atoms with Crippen molar-refractivity contribution in [2.45, 2.75) is 13.3 Å². The maximum absolute atomic E-state index is 11.2. The summed E-state index contributed by atoms with van der Waals surface area (Å²) in [6, 6.07) is 0. The van der Waals surface area contributed by atoms with Gasteiger partial charge in [-0.05, 0) is 6.92 Å². The Morgan fingerprint density at radius 2 is 1.68 bits per heavy atom. The summed E-state index contributed by atoms with van der Waals surface area (Å²) < 4.78 is 45.6. The molecule has 0 aromatic carbocycles. The van der Waals surface area contributed by atoms with E-state index in [-0.39, 0.29) is 12.4 Å². The molecule has 0 aliphatic heterocycles. The fraction of sp³-hybridized carbons (Fsp3) is 0.700. The molecular weight excluding hydrogens is 267 g/mol. The molecule has 0 aromatic rings. The molecular formula is C10H19BF4N2O2. The first-order valence-corrected chi connectivity index (χ1v) is 5.47. The number of hydrogen-bond acceptors (Lipinski definition) is 3. The normalized spacial score (nSPS) is 9.74. The first kappa shape index (κ1) is 19.8. The van der Waals surface area contributed by atoms with Gasteiger partial charge >= 0.3 is 13.2 Å². The van der Waals surface area contributed by atoms with E-state index in [1.54, 1.807) is 11.5 Å². The second-order valence-electron chi connectivity index (χ2n) is 3.82. The van der Waals surface area contributed by atoms with Crippen LogP contribution in [-0.4, -0.2) is 63.4 Å². The Morgan fingerprint density at radius 1 is 1.26 bits per heavy atom. The minimum absolute atomic E-state index is 0.217. The molecule has 0 radical (unpaired) electrons. The predicted octanol–water partition coefficient (Wildman–Crippen LogP) is 1.63. The van der Waals surface area contributed by atoms with Gasteiger partial charge in [-0.3, -0.25) is 4.79 Å². The molecule has 19 heavy (non-hydrogen) atoms. The second kappa shape index (κ2) is 9.44. The zero-order valence-corrected chi connectivity index (χ0v) is 11.7. The van der Waals surface area contributed by atoms with Gasteiger partial charge < -0.3 is 26.9 Å². The Morgan fingerprint density at radius 3 is 1.95 bits per heavy atom. The average Bonchev–Trinajstić information content (AvgIpc) is 2.13. The van der Waals surface area contributed by atoms with Crippen molar-refractivity contribution in [3.8, 4) is 0 Å². The van der Waals surface area contributed by atoms with Crippen molar-refractivity contribution in [1.82, 2.24) is 4.90 Å². The van der Waals surface area contributed by atoms with Crippen LogP contribution < -0.4 is 0 Å². The van der Waals surface area contributed by atoms with Gasteiger partial charge in [0.1, 0.15) is 19.8 Å². The minimum atomic E-state index is -6.00. The van der Waals surface area contributed by atoms with Crippen LogP contribution in [-0.2, 0) is 9.53 Å². The van der Waals surface area contributed by atoms with Crippen LogP contribution in [0.5, 0.6) is 0 Å². The lowest BCUT2D eigenvalue weighted by Crippen LogP contribution is -2.18. The average molecular weight is 286 g/mol. The van der Waals surface area contributed by atoms with Gasteiger partial charge in [0, 0.05) is 14.1 Å². The highest BCUT2D eigenvalue weighted by atomic mass is 19.5. The lowest BCUT2D eigenvalue weighted by molar-refractivity contribution is -0.457. The first-order valence-electron chi connectivity index (χ1n) is 5.47. The predicted molar refractivity (Wildman–Crippen MR) is 65.8 cm³/mol. The minimum Gasteiger partial charge on any atom is -0.466 e. The maximum Gasteiger partial charge on any atom is 0.673 e. The molecule has 0 atom stereocenters. The van der Waals surface area contributed by atoms with Gasteiger partial charge in [-0.25, -0.2) is 0 Å². The summed E-state index contributed by atoms with van der Waals surface area (Å²) in [4.78, 5) is 13.1. The van der Waals surface area contributed by atoms with E-state index in [2.05, 4.69) is 5.87 Å². The van der Waals surface area contributed by atoms with Crippen LogP contribution in [0, 0.1) is 0 Å². The molecule has 0 saturated carbocycles. The van der Waals surface area contributed by atoms with Gasteiger partial charge in [0.25, 0.3) is 0 Å². The quantitative estimate of drug-likeness (QED) is 0.259. The van der Waals surface area contributed by atoms with Crippen molar-refractivity contribution in [1.29, 1.82) is 0 Å². The first-order chi connectivity index (χ1) is 8.47. The molecule has 0 fully saturated rings. The smallest absolute Gasteiger partial charge is 0.466 e. The fourth-order valence-electron chi connectivity index (χ4n) is 0.904. The van der Waals surface area contributed by atoms with Crippen LogP contribution in [0.3, 0.4) is 0 Å². The number of hydrogen-bond donors (Lipinski definition) is 0. The van der Waals surface area contributed by atoms with E-state index in [9.17, 15) is 22.1 Å². The van der Waals surface area contributed by atoms with E-state index < -0.39 is 7.25 Å². The van der Waals surface area contributed by atoms with E-state index in [1.807, 2.05) is 33.1 Å². The van der Waals surface area contributed by atoms with Crippen molar-refractivity contribution in [2.24, 2.45) is 0 Å². The summed E-state index contributed by atoms with van der Waals surface area (Å²) in [5.74, 6) is 2.83. The number of carbonyl (C=O) groups is 1. The number of halogens is 4. The lowest BCUT2D eigenvalue weighted by atomic mass is 10.3. The molecule has 112 valence electrons. The molecule has 0 amide bonds. The summed E-state index contributed by atoms with van der Waals surface area (Å²) in [6.45, 7) is 2.22. The fourth-order valence-corrected chi connectivity index (χ4v) is 0.904. The molecule has 0 aliphatic rings. The van der Waals surface area contributed by atoms with Crippen molar-refractivity contribution in [3.63, 3.8) is 0 Å². The number of carbonyl (C=O) groups excluding carboxylic acids is 1. The van der Waals surface area contributed by atoms with Gasteiger partial charge in [0.15, 0.2) is 5.87 Å². The molecule has 0 aromatic heterocycles. The molecule has 0 bridgehead atoms. The molecule has 0 heterocycles. The molecule has 0 rings (SSSR count). The molecule has 0 N–H and O–H groups in total. The Balaban J connectivity index is 0. The zero-order valence-electron chi connectivity index (χ0n) is 11.7. The SMILES string of the molecule is CCOC(=O)CC(=C=[N+](C)C)N(C)C.F[B-](F)(F)F. The van der Waals surface area contributed by atoms with Crippen molar-refractivity contribution < 1.29 is 31.4 Å². The Kier molecular flexibility index (Phi) is 9.85. The van der Waals surface area contributed by atoms with Gasteiger partial charge in [-0.15, -0.1) is 0 Å². The zero-order chi connectivity index (χ0) is 15.6. The summed E-state index contributed by atoms with van der Waals surface area (Å²) >= 11 is 0. The second-order valence-corrected chi connectivity index (χ2v) is 3.82. The number of esters is 1. The van der Waals surface area contributed by atoms with Crippen LogP contribution in [0.1, 0.15) is 13.3 Å². The lowest BCUT2D eigenvalue weighted by Gasteiger charge is -2.11. The highest BCUT2D eigenvalue weighted by Crippen LogP contribution is 2.06. The maximum atomic E-state index is 11.2. The van der Waals surface area contributed by atoms with Crippen LogP contribution in [0.4, 0.5) is 17.3 Å². The summed E-state index contributed by atoms with van der Waals surface area (Å²) in [5, 5.41) is 0. The summed E-state index contributed by atoms with van der Waals surface area (Å²) in [5.41, 5.74) is 0.813. The van der Waals surface area contributed by atoms with E-state index in [0.29, 0.717) is 6.61 Å². The number of nitrogens with zero attached hydrogens (tertiary/aromatic N) is 2. The van der Waals surface area contributed by atoms with Gasteiger partial charge in [-0.2, -0.15) is 4.58 Å². The third-order valence-electron chi connectivity index (χ3n) is 1.51. The van der Waals surface area contributed by atoms with Gasteiger partial charge in [-0.1, -0.05) is 0 Å². The Bertz CT molecular complexity index is 340. The summed E-state index contributed by atoms with van der Waals surface area (Å²) in [7, 11) is 1.50. The third-order valence-corrected chi connectivity index (χ3v) is 1.51. The highest BCUT2D eigenvalue weighted by Gasteiger charge is 2.20. The van der Waals surface area contributed by atoms with Gasteiger partial charge in [0.2, 0.25) is 0 Å². The van der Waals surface area contributed by atoms with Crippen LogP contribution in [0.25, 0.3) is 0 Å². The molecule has 0 spiro atoms. The standard InChI is InChI=1S/C10H19N2O2.BF4/c1-6-14-10(13)7-9(12(4)5)8-11(2)3;2-1(3,4)5/h6-7H2,1-5H3;/q+1;-1. The Labute approximate surface area is 110 Å². The molecule has 0 unspecified atom stereocenters. The largest absolute Gasteiger partial charge is 0.673 e. The molecule has 0 saturated heterocycles. The van der Waals surface area contributed by atoms with Crippen molar-refractivity contribution in [3.05, 3.63) is 5.70 Å². The molecule has 4 nitrogen and oxygen atoms in total. The monoisotopic (exact) mass is 286 g/mol. The van der Waals surface area contributed by atoms with E-state index >= 15 is 0 Å². The highest BCUT2D eigenvalue weighted by molar-refractivity contribution is 6.50. The number of ether oxygens (including phenoxy) is 1. The van der Waals surface area contributed by atoms with Crippen LogP contribution in [0.15, 0.2) is 5.70 Å². The van der Waals surface area contributed by atoms with E-state index in [4.69, 9.17) is 4.74 Å². The van der Waals surface area contributed by atoms with Crippen molar-refractivity contribution >= 4 is 19.1 Å². The topological polar surface area (TPSA) is 32.6 Å². The summed E-state index contributed by atoms with van der Waals surface area (Å²) in [6.07, 6.45) is 0.263. The molecule has 0 aliphatic carbocycles. The van der Waals surface area contributed by atoms with Crippen LogP contribution in [0.2, 0.25) is 0 Å². The van der Waals surface area contributed by atoms with E-state index in [0.717, 1.165) is 5.70 Å². The molecule has 9 heteroatoms. The van der Waals surface area contributed by atoms with E-state index in [1.165, 1.54) is 0 Å². The third kappa shape index (κ3) is 19.0. The van der Waals surface area contributed by atoms with Gasteiger partial charge in [0.05, 0.1) is 13.0 Å².